The fourth-order valence-electron chi connectivity index (χ4n) is 2.19. The van der Waals surface area contributed by atoms with E-state index in [-0.39, 0.29) is 0 Å². The third-order valence-electron chi connectivity index (χ3n) is 2.92. The molecule has 0 unspecified atom stereocenters. The van der Waals surface area contributed by atoms with Gasteiger partial charge >= 0.3 is 0 Å². The molecule has 17 heavy (non-hydrogen) atoms. The molecule has 1 radical (unpaired) electrons. The molecule has 0 aromatic heterocycles. The number of benzene rings is 3. The van der Waals surface area contributed by atoms with Gasteiger partial charge in [-0.2, -0.15) is 0 Å². The van der Waals surface area contributed by atoms with E-state index >= 15 is 0 Å². The smallest absolute Gasteiger partial charge is 0.135 e. The number of hydrogen-bond donors (Lipinski definition) is 0. The Morgan fingerprint density at radius 3 is 2.76 bits per heavy atom. The first kappa shape index (κ1) is 10.2. The molecule has 3 aromatic carbocycles. The van der Waals surface area contributed by atoms with Gasteiger partial charge in [0.2, 0.25) is 0 Å². The van der Waals surface area contributed by atoms with Crippen molar-refractivity contribution in [1.29, 1.82) is 0 Å². The molecule has 0 N–H and O–H groups in total. The largest absolute Gasteiger partial charge is 0.493 e. The predicted molar refractivity (Wildman–Crippen MR) is 71.5 cm³/mol. The second-order valence-electron chi connectivity index (χ2n) is 3.99. The minimum atomic E-state index is 0.672. The topological polar surface area (TPSA) is 9.23 Å². The first-order valence-corrected chi connectivity index (χ1v) is 5.85. The van der Waals surface area contributed by atoms with E-state index in [4.69, 9.17) is 4.74 Å². The minimum Gasteiger partial charge on any atom is -0.493 e. The molecule has 0 aliphatic rings. The Morgan fingerprint density at radius 1 is 1.06 bits per heavy atom. The zero-order chi connectivity index (χ0) is 11.7. The maximum Gasteiger partial charge on any atom is 0.135 e. The van der Waals surface area contributed by atoms with Gasteiger partial charge in [-0.3, -0.25) is 0 Å². The van der Waals surface area contributed by atoms with E-state index in [0.717, 1.165) is 16.5 Å². The normalized spacial score (nSPS) is 10.9. The summed E-state index contributed by atoms with van der Waals surface area (Å²) in [5, 5.41) is 4.61. The average molecular weight is 221 g/mol. The molecule has 0 atom stereocenters. The number of fused-ring (bicyclic) bond motifs is 2. The summed E-state index contributed by atoms with van der Waals surface area (Å²) in [7, 11) is 0. The van der Waals surface area contributed by atoms with Crippen LogP contribution in [0.15, 0.2) is 48.5 Å². The lowest BCUT2D eigenvalue weighted by atomic mass is 10.0. The predicted octanol–water partition coefficient (Wildman–Crippen LogP) is 4.19. The van der Waals surface area contributed by atoms with Gasteiger partial charge in [-0.05, 0) is 29.8 Å². The second kappa shape index (κ2) is 4.10. The summed E-state index contributed by atoms with van der Waals surface area (Å²) in [5.74, 6) is 0.946. The van der Waals surface area contributed by atoms with Crippen LogP contribution >= 0.6 is 0 Å². The molecule has 0 aliphatic carbocycles. The van der Waals surface area contributed by atoms with Gasteiger partial charge in [0, 0.05) is 10.8 Å². The summed E-state index contributed by atoms with van der Waals surface area (Å²) < 4.78 is 5.80. The van der Waals surface area contributed by atoms with Crippen LogP contribution < -0.4 is 4.74 Å². The van der Waals surface area contributed by atoms with Crippen LogP contribution in [0.4, 0.5) is 0 Å². The van der Waals surface area contributed by atoms with E-state index in [2.05, 4.69) is 36.4 Å². The van der Waals surface area contributed by atoms with Gasteiger partial charge in [0.05, 0.1) is 6.61 Å². The van der Waals surface area contributed by atoms with Gasteiger partial charge in [-0.25, -0.2) is 0 Å². The lowest BCUT2D eigenvalue weighted by Gasteiger charge is -2.11. The highest BCUT2D eigenvalue weighted by molar-refractivity contribution is 6.04. The van der Waals surface area contributed by atoms with E-state index in [9.17, 15) is 0 Å². The molecule has 83 valence electrons. The van der Waals surface area contributed by atoms with Crippen molar-refractivity contribution in [3.05, 3.63) is 54.6 Å². The molecule has 0 spiro atoms. The van der Waals surface area contributed by atoms with Crippen molar-refractivity contribution in [2.24, 2.45) is 0 Å². The summed E-state index contributed by atoms with van der Waals surface area (Å²) >= 11 is 0. The first-order chi connectivity index (χ1) is 8.40. The Kier molecular flexibility index (Phi) is 2.45. The average Bonchev–Trinajstić information content (AvgIpc) is 2.39. The first-order valence-electron chi connectivity index (χ1n) is 5.85. The van der Waals surface area contributed by atoms with Crippen LogP contribution in [0.3, 0.4) is 0 Å². The highest BCUT2D eigenvalue weighted by atomic mass is 16.5. The number of rotatable bonds is 2. The number of hydrogen-bond acceptors (Lipinski definition) is 1. The van der Waals surface area contributed by atoms with Crippen LogP contribution in [0.1, 0.15) is 6.92 Å². The summed E-state index contributed by atoms with van der Waals surface area (Å²) in [6, 6.07) is 19.8. The molecule has 0 amide bonds. The van der Waals surface area contributed by atoms with Crippen molar-refractivity contribution in [3.8, 4) is 5.75 Å². The van der Waals surface area contributed by atoms with Crippen molar-refractivity contribution < 1.29 is 4.74 Å². The third kappa shape index (κ3) is 1.64. The van der Waals surface area contributed by atoms with E-state index < -0.39 is 0 Å². The Labute approximate surface area is 101 Å². The molecule has 1 heteroatoms. The van der Waals surface area contributed by atoms with Crippen LogP contribution in [0.2, 0.25) is 0 Å². The quantitative estimate of drug-likeness (QED) is 0.589. The Balaban J connectivity index is 2.47. The minimum absolute atomic E-state index is 0.672. The Bertz CT molecular complexity index is 616. The molecule has 0 fully saturated rings. The molecule has 0 aliphatic heterocycles. The summed E-state index contributed by atoms with van der Waals surface area (Å²) in [5.41, 5.74) is 0. The van der Waals surface area contributed by atoms with Gasteiger partial charge in [0.15, 0.2) is 0 Å². The van der Waals surface area contributed by atoms with Gasteiger partial charge in [0.25, 0.3) is 0 Å². The Hall–Kier alpha value is -2.02. The summed E-state index contributed by atoms with van der Waals surface area (Å²) in [6.07, 6.45) is 0. The molecular formula is C16H13O. The molecule has 3 aromatic rings. The molecule has 3 rings (SSSR count). The van der Waals surface area contributed by atoms with Crippen LogP contribution in [-0.4, -0.2) is 6.61 Å². The fourth-order valence-corrected chi connectivity index (χ4v) is 2.19. The van der Waals surface area contributed by atoms with Crippen LogP contribution in [-0.2, 0) is 0 Å². The molecule has 1 nitrogen and oxygen atoms in total. The van der Waals surface area contributed by atoms with E-state index in [1.165, 1.54) is 10.8 Å². The zero-order valence-electron chi connectivity index (χ0n) is 9.73. The van der Waals surface area contributed by atoms with Gasteiger partial charge < -0.3 is 4.74 Å². The van der Waals surface area contributed by atoms with Gasteiger partial charge in [-0.15, -0.1) is 0 Å². The number of ether oxygens (including phenoxy) is 1. The summed E-state index contributed by atoms with van der Waals surface area (Å²) in [6.45, 7) is 2.68. The van der Waals surface area contributed by atoms with Crippen molar-refractivity contribution in [1.82, 2.24) is 0 Å². The third-order valence-corrected chi connectivity index (χ3v) is 2.92. The Morgan fingerprint density at radius 2 is 1.88 bits per heavy atom. The fraction of sp³-hybridized carbons (Fsp3) is 0.125. The molecule has 0 saturated carbocycles. The lowest BCUT2D eigenvalue weighted by molar-refractivity contribution is 0.348. The zero-order valence-corrected chi connectivity index (χ0v) is 9.73. The molecule has 0 saturated heterocycles. The molecular weight excluding hydrogens is 208 g/mol. The molecule has 0 bridgehead atoms. The highest BCUT2D eigenvalue weighted by Gasteiger charge is 2.07. The lowest BCUT2D eigenvalue weighted by Crippen LogP contribution is -1.93. The molecule has 0 heterocycles. The SMILES string of the molecule is CCOc1c2[c]cccc2cc2ccccc12. The van der Waals surface area contributed by atoms with Crippen LogP contribution in [0, 0.1) is 6.07 Å². The summed E-state index contributed by atoms with van der Waals surface area (Å²) in [4.78, 5) is 0. The van der Waals surface area contributed by atoms with E-state index in [0.29, 0.717) is 6.61 Å². The van der Waals surface area contributed by atoms with Crippen LogP contribution in [0.5, 0.6) is 5.75 Å². The van der Waals surface area contributed by atoms with E-state index in [1.54, 1.807) is 0 Å². The van der Waals surface area contributed by atoms with Gasteiger partial charge in [-0.1, -0.05) is 42.5 Å². The van der Waals surface area contributed by atoms with Gasteiger partial charge in [0.1, 0.15) is 5.75 Å². The monoisotopic (exact) mass is 221 g/mol. The van der Waals surface area contributed by atoms with Crippen molar-refractivity contribution in [2.45, 2.75) is 6.92 Å². The maximum atomic E-state index is 5.80. The van der Waals surface area contributed by atoms with Crippen molar-refractivity contribution in [3.63, 3.8) is 0 Å². The van der Waals surface area contributed by atoms with Crippen molar-refractivity contribution >= 4 is 21.5 Å². The standard InChI is InChI=1S/C16H13O/c1-2-17-16-14-9-5-3-7-12(14)11-13-8-4-6-10-15(13)16/h3-9,11H,2H2,1H3. The highest BCUT2D eigenvalue weighted by Crippen LogP contribution is 2.34. The second-order valence-corrected chi connectivity index (χ2v) is 3.99. The van der Waals surface area contributed by atoms with E-state index in [1.807, 2.05) is 25.1 Å². The van der Waals surface area contributed by atoms with Crippen molar-refractivity contribution in [2.75, 3.05) is 6.61 Å². The maximum absolute atomic E-state index is 5.80. The van der Waals surface area contributed by atoms with Crippen LogP contribution in [0.25, 0.3) is 21.5 Å².